The Bertz CT molecular complexity index is 559. The first-order valence-electron chi connectivity index (χ1n) is 7.75. The number of amides is 1. The van der Waals surface area contributed by atoms with Gasteiger partial charge in [-0.25, -0.2) is 0 Å². The van der Waals surface area contributed by atoms with Gasteiger partial charge >= 0.3 is 5.69 Å². The highest BCUT2D eigenvalue weighted by Crippen LogP contribution is 2.29. The lowest BCUT2D eigenvalue weighted by atomic mass is 9.86. The van der Waals surface area contributed by atoms with Crippen LogP contribution in [0.3, 0.4) is 0 Å². The van der Waals surface area contributed by atoms with Crippen molar-refractivity contribution >= 4 is 11.6 Å². The largest absolute Gasteiger partial charge is 0.487 e. The molecule has 1 aromatic rings. The normalized spacial score (nSPS) is 21.2. The highest BCUT2D eigenvalue weighted by Gasteiger charge is 2.24. The molecule has 6 heteroatoms. The summed E-state index contributed by atoms with van der Waals surface area (Å²) in [5, 5.41) is 14.1. The van der Waals surface area contributed by atoms with Gasteiger partial charge in [0.2, 0.25) is 0 Å². The Morgan fingerprint density at radius 2 is 2.14 bits per heavy atom. The van der Waals surface area contributed by atoms with Gasteiger partial charge in [-0.3, -0.25) is 14.9 Å². The second-order valence-corrected chi connectivity index (χ2v) is 5.71. The molecule has 120 valence electrons. The number of nitro benzene ring substituents is 1. The molecule has 2 atom stereocenters. The Kier molecular flexibility index (Phi) is 5.35. The van der Waals surface area contributed by atoms with Gasteiger partial charge in [0.15, 0.2) is 5.75 Å². The number of carbonyl (C=O) groups is 1. The maximum absolute atomic E-state index is 12.3. The van der Waals surface area contributed by atoms with Crippen molar-refractivity contribution in [3.8, 4) is 5.75 Å². The van der Waals surface area contributed by atoms with Gasteiger partial charge in [0, 0.05) is 17.7 Å². The molecule has 1 aliphatic rings. The van der Waals surface area contributed by atoms with Crippen molar-refractivity contribution < 1.29 is 14.5 Å². The summed E-state index contributed by atoms with van der Waals surface area (Å²) >= 11 is 0. The van der Waals surface area contributed by atoms with E-state index in [1.165, 1.54) is 18.6 Å². The zero-order chi connectivity index (χ0) is 16.1. The number of rotatable bonds is 5. The molecule has 2 unspecified atom stereocenters. The van der Waals surface area contributed by atoms with Crippen LogP contribution >= 0.6 is 0 Å². The molecular weight excluding hydrogens is 284 g/mol. The highest BCUT2D eigenvalue weighted by molar-refractivity contribution is 5.95. The van der Waals surface area contributed by atoms with Crippen molar-refractivity contribution in [2.75, 3.05) is 6.61 Å². The number of hydrogen-bond donors (Lipinski definition) is 1. The SMILES string of the molecule is CCOc1ccc(C(=O)NC2CCCCC2C)cc1[N+](=O)[O-]. The zero-order valence-corrected chi connectivity index (χ0v) is 13.0. The van der Waals surface area contributed by atoms with Gasteiger partial charge < -0.3 is 10.1 Å². The lowest BCUT2D eigenvalue weighted by Crippen LogP contribution is -2.41. The minimum absolute atomic E-state index is 0.145. The summed E-state index contributed by atoms with van der Waals surface area (Å²) < 4.78 is 5.23. The molecule has 1 N–H and O–H groups in total. The van der Waals surface area contributed by atoms with E-state index in [0.717, 1.165) is 19.3 Å². The Morgan fingerprint density at radius 3 is 2.77 bits per heavy atom. The van der Waals surface area contributed by atoms with Crippen LogP contribution in [0.15, 0.2) is 18.2 Å². The fourth-order valence-electron chi connectivity index (χ4n) is 2.86. The molecule has 1 aromatic carbocycles. The third-order valence-electron chi connectivity index (χ3n) is 4.15. The van der Waals surface area contributed by atoms with Crippen LogP contribution in [-0.4, -0.2) is 23.5 Å². The third kappa shape index (κ3) is 3.75. The van der Waals surface area contributed by atoms with Crippen LogP contribution in [0.1, 0.15) is 49.9 Å². The number of carbonyl (C=O) groups excluding carboxylic acids is 1. The van der Waals surface area contributed by atoms with Crippen LogP contribution in [0.25, 0.3) is 0 Å². The molecule has 1 amide bonds. The average molecular weight is 306 g/mol. The van der Waals surface area contributed by atoms with Gasteiger partial charge in [0.05, 0.1) is 11.5 Å². The maximum atomic E-state index is 12.3. The van der Waals surface area contributed by atoms with Crippen molar-refractivity contribution in [3.05, 3.63) is 33.9 Å². The molecule has 0 radical (unpaired) electrons. The van der Waals surface area contributed by atoms with Crippen molar-refractivity contribution in [1.82, 2.24) is 5.32 Å². The van der Waals surface area contributed by atoms with E-state index in [1.54, 1.807) is 13.0 Å². The van der Waals surface area contributed by atoms with Crippen molar-refractivity contribution in [1.29, 1.82) is 0 Å². The van der Waals surface area contributed by atoms with Crippen LogP contribution in [-0.2, 0) is 0 Å². The minimum atomic E-state index is -0.523. The van der Waals surface area contributed by atoms with E-state index in [-0.39, 0.29) is 23.4 Å². The molecule has 1 saturated carbocycles. The van der Waals surface area contributed by atoms with E-state index in [0.29, 0.717) is 18.1 Å². The van der Waals surface area contributed by atoms with Crippen molar-refractivity contribution in [2.45, 2.75) is 45.6 Å². The number of nitrogens with zero attached hydrogens (tertiary/aromatic N) is 1. The third-order valence-corrected chi connectivity index (χ3v) is 4.15. The monoisotopic (exact) mass is 306 g/mol. The Labute approximate surface area is 130 Å². The highest BCUT2D eigenvalue weighted by atomic mass is 16.6. The van der Waals surface area contributed by atoms with Crippen LogP contribution in [0.4, 0.5) is 5.69 Å². The van der Waals surface area contributed by atoms with E-state index < -0.39 is 4.92 Å². The Balaban J connectivity index is 2.15. The summed E-state index contributed by atoms with van der Waals surface area (Å²) in [5.41, 5.74) is 0.124. The molecule has 0 aliphatic heterocycles. The smallest absolute Gasteiger partial charge is 0.311 e. The average Bonchev–Trinajstić information content (AvgIpc) is 2.50. The Morgan fingerprint density at radius 1 is 1.41 bits per heavy atom. The van der Waals surface area contributed by atoms with E-state index in [9.17, 15) is 14.9 Å². The summed E-state index contributed by atoms with van der Waals surface area (Å²) in [4.78, 5) is 22.9. The first-order valence-corrected chi connectivity index (χ1v) is 7.75. The molecule has 0 saturated heterocycles. The van der Waals surface area contributed by atoms with E-state index in [4.69, 9.17) is 4.74 Å². The molecule has 1 fully saturated rings. The van der Waals surface area contributed by atoms with Crippen LogP contribution in [0.2, 0.25) is 0 Å². The summed E-state index contributed by atoms with van der Waals surface area (Å²) in [6, 6.07) is 4.49. The maximum Gasteiger partial charge on any atom is 0.311 e. The fraction of sp³-hybridized carbons (Fsp3) is 0.562. The molecule has 2 rings (SSSR count). The quantitative estimate of drug-likeness (QED) is 0.668. The number of benzene rings is 1. The number of nitro groups is 1. The van der Waals surface area contributed by atoms with E-state index >= 15 is 0 Å². The molecule has 0 heterocycles. The summed E-state index contributed by atoms with van der Waals surface area (Å²) in [6.07, 6.45) is 4.38. The molecular formula is C16H22N2O4. The summed E-state index contributed by atoms with van der Waals surface area (Å²) in [5.74, 6) is 0.371. The lowest BCUT2D eigenvalue weighted by Gasteiger charge is -2.29. The Hall–Kier alpha value is -2.11. The molecule has 6 nitrogen and oxygen atoms in total. The topological polar surface area (TPSA) is 81.5 Å². The van der Waals surface area contributed by atoms with Gasteiger partial charge in [-0.05, 0) is 37.8 Å². The zero-order valence-electron chi connectivity index (χ0n) is 13.0. The van der Waals surface area contributed by atoms with Crippen molar-refractivity contribution in [2.24, 2.45) is 5.92 Å². The predicted octanol–water partition coefficient (Wildman–Crippen LogP) is 3.30. The van der Waals surface area contributed by atoms with E-state index in [2.05, 4.69) is 12.2 Å². The van der Waals surface area contributed by atoms with Gasteiger partial charge in [-0.2, -0.15) is 0 Å². The van der Waals surface area contributed by atoms with E-state index in [1.807, 2.05) is 0 Å². The number of hydrogen-bond acceptors (Lipinski definition) is 4. The fourth-order valence-corrected chi connectivity index (χ4v) is 2.86. The number of nitrogens with one attached hydrogen (secondary N) is 1. The first-order chi connectivity index (χ1) is 10.5. The van der Waals surface area contributed by atoms with Crippen molar-refractivity contribution in [3.63, 3.8) is 0 Å². The van der Waals surface area contributed by atoms with Gasteiger partial charge in [0.1, 0.15) is 0 Å². The first kappa shape index (κ1) is 16.3. The van der Waals surface area contributed by atoms with Gasteiger partial charge in [-0.1, -0.05) is 19.8 Å². The van der Waals surface area contributed by atoms with Gasteiger partial charge in [-0.15, -0.1) is 0 Å². The standard InChI is InChI=1S/C16H22N2O4/c1-3-22-15-9-8-12(10-14(15)18(20)21)16(19)17-13-7-5-4-6-11(13)2/h8-11,13H,3-7H2,1-2H3,(H,17,19). The van der Waals surface area contributed by atoms with Gasteiger partial charge in [0.25, 0.3) is 5.91 Å². The number of ether oxygens (including phenoxy) is 1. The molecule has 0 aromatic heterocycles. The predicted molar refractivity (Wildman–Crippen MR) is 83.2 cm³/mol. The van der Waals surface area contributed by atoms with Crippen LogP contribution in [0, 0.1) is 16.0 Å². The molecule has 0 bridgehead atoms. The second kappa shape index (κ2) is 7.24. The molecule has 1 aliphatic carbocycles. The van der Waals surface area contributed by atoms with Crippen LogP contribution < -0.4 is 10.1 Å². The summed E-state index contributed by atoms with van der Waals surface area (Å²) in [6.45, 7) is 4.23. The molecule has 0 spiro atoms. The lowest BCUT2D eigenvalue weighted by molar-refractivity contribution is -0.385. The summed E-state index contributed by atoms with van der Waals surface area (Å²) in [7, 11) is 0. The molecule has 22 heavy (non-hydrogen) atoms. The van der Waals surface area contributed by atoms with Crippen LogP contribution in [0.5, 0.6) is 5.75 Å². The second-order valence-electron chi connectivity index (χ2n) is 5.71. The minimum Gasteiger partial charge on any atom is -0.487 e.